The second-order valence-electron chi connectivity index (χ2n) is 5.16. The summed E-state index contributed by atoms with van der Waals surface area (Å²) in [5, 5.41) is 9.74. The number of hydrogen-bond donors (Lipinski definition) is 1. The van der Waals surface area contributed by atoms with Crippen LogP contribution in [0.4, 0.5) is 0 Å². The van der Waals surface area contributed by atoms with E-state index in [1.54, 1.807) is 0 Å². The third-order valence-electron chi connectivity index (χ3n) is 4.69. The predicted octanol–water partition coefficient (Wildman–Crippen LogP) is 1.83. The van der Waals surface area contributed by atoms with Gasteiger partial charge in [0.1, 0.15) is 5.78 Å². The van der Waals surface area contributed by atoms with Crippen LogP contribution in [0.25, 0.3) is 0 Å². The molecule has 3 aliphatic carbocycles. The fourth-order valence-corrected chi connectivity index (χ4v) is 3.93. The maximum atomic E-state index is 12.0. The molecule has 2 nitrogen and oxygen atoms in total. The molecule has 0 saturated heterocycles. The zero-order chi connectivity index (χ0) is 9.81. The average molecular weight is 192 g/mol. The number of hydrogen-bond acceptors (Lipinski definition) is 2. The van der Waals surface area contributed by atoms with Crippen LogP contribution in [-0.4, -0.2) is 17.0 Å². The molecule has 3 aliphatic rings. The summed E-state index contributed by atoms with van der Waals surface area (Å²) < 4.78 is 0. The van der Waals surface area contributed by atoms with Crippen LogP contribution in [0.3, 0.4) is 0 Å². The molecular formula is C12H16O2. The summed E-state index contributed by atoms with van der Waals surface area (Å²) in [4.78, 5) is 12.0. The molecule has 3 rings (SSSR count). The van der Waals surface area contributed by atoms with Crippen LogP contribution in [0.15, 0.2) is 12.2 Å². The van der Waals surface area contributed by atoms with E-state index < -0.39 is 0 Å². The predicted molar refractivity (Wildman–Crippen MR) is 52.7 cm³/mol. The van der Waals surface area contributed by atoms with Crippen molar-refractivity contribution in [3.8, 4) is 0 Å². The molecule has 2 heteroatoms. The Kier molecular flexibility index (Phi) is 1.54. The van der Waals surface area contributed by atoms with Crippen LogP contribution >= 0.6 is 0 Å². The topological polar surface area (TPSA) is 37.3 Å². The van der Waals surface area contributed by atoms with E-state index in [0.717, 1.165) is 38.5 Å². The third-order valence-corrected chi connectivity index (χ3v) is 4.69. The molecule has 0 aliphatic heterocycles. The Hall–Kier alpha value is -0.630. The Bertz CT molecular complexity index is 320. The molecular weight excluding hydrogens is 176 g/mol. The molecule has 2 saturated carbocycles. The Morgan fingerprint density at radius 1 is 1.43 bits per heavy atom. The first kappa shape index (κ1) is 8.66. The molecule has 0 heterocycles. The molecule has 0 amide bonds. The fraction of sp³-hybridized carbons (Fsp3) is 0.750. The minimum Gasteiger partial charge on any atom is -0.393 e. The van der Waals surface area contributed by atoms with Crippen molar-refractivity contribution in [1.29, 1.82) is 0 Å². The Labute approximate surface area is 84.0 Å². The molecule has 76 valence electrons. The maximum absolute atomic E-state index is 12.0. The van der Waals surface area contributed by atoms with E-state index in [2.05, 4.69) is 12.2 Å². The minimum absolute atomic E-state index is 0.0434. The average Bonchev–Trinajstić information content (AvgIpc) is 2.64. The van der Waals surface area contributed by atoms with Crippen molar-refractivity contribution >= 4 is 5.78 Å². The van der Waals surface area contributed by atoms with Gasteiger partial charge in [0.25, 0.3) is 0 Å². The largest absolute Gasteiger partial charge is 0.393 e. The van der Waals surface area contributed by atoms with Gasteiger partial charge in [-0.05, 0) is 32.1 Å². The van der Waals surface area contributed by atoms with Crippen molar-refractivity contribution < 1.29 is 9.90 Å². The lowest BCUT2D eigenvalue weighted by atomic mass is 9.58. The first-order valence-corrected chi connectivity index (χ1v) is 5.58. The number of aliphatic hydroxyl groups excluding tert-OH is 1. The van der Waals surface area contributed by atoms with Gasteiger partial charge < -0.3 is 5.11 Å². The molecule has 0 aromatic carbocycles. The van der Waals surface area contributed by atoms with Gasteiger partial charge >= 0.3 is 0 Å². The summed E-state index contributed by atoms with van der Waals surface area (Å²) in [7, 11) is 0. The van der Waals surface area contributed by atoms with Gasteiger partial charge in [0.2, 0.25) is 0 Å². The van der Waals surface area contributed by atoms with E-state index in [9.17, 15) is 9.90 Å². The third kappa shape index (κ3) is 0.789. The number of aliphatic hydroxyl groups is 1. The highest BCUT2D eigenvalue weighted by atomic mass is 16.3. The van der Waals surface area contributed by atoms with Crippen LogP contribution in [0.1, 0.15) is 38.5 Å². The molecule has 0 aromatic rings. The van der Waals surface area contributed by atoms with Crippen LogP contribution in [0, 0.1) is 10.8 Å². The zero-order valence-electron chi connectivity index (χ0n) is 8.33. The van der Waals surface area contributed by atoms with Gasteiger partial charge in [-0.1, -0.05) is 12.2 Å². The Balaban J connectivity index is 2.07. The van der Waals surface area contributed by atoms with E-state index in [0.29, 0.717) is 5.78 Å². The molecule has 2 unspecified atom stereocenters. The first-order valence-electron chi connectivity index (χ1n) is 5.58. The van der Waals surface area contributed by atoms with E-state index >= 15 is 0 Å². The molecule has 2 fully saturated rings. The molecule has 1 N–H and O–H groups in total. The van der Waals surface area contributed by atoms with E-state index in [4.69, 9.17) is 0 Å². The highest BCUT2D eigenvalue weighted by molar-refractivity contribution is 5.89. The zero-order valence-corrected chi connectivity index (χ0v) is 8.33. The quantitative estimate of drug-likeness (QED) is 0.594. The van der Waals surface area contributed by atoms with Gasteiger partial charge in [-0.25, -0.2) is 0 Å². The van der Waals surface area contributed by atoms with Crippen molar-refractivity contribution in [1.82, 2.24) is 0 Å². The highest BCUT2D eigenvalue weighted by Gasteiger charge is 2.62. The molecule has 3 atom stereocenters. The van der Waals surface area contributed by atoms with Crippen molar-refractivity contribution in [2.45, 2.75) is 44.6 Å². The van der Waals surface area contributed by atoms with Crippen LogP contribution < -0.4 is 0 Å². The van der Waals surface area contributed by atoms with E-state index in [1.807, 2.05) is 0 Å². The summed E-state index contributed by atoms with van der Waals surface area (Å²) in [6.07, 6.45) is 9.37. The number of Topliss-reactive ketones (excluding diaryl/α,β-unsaturated/α-hetero) is 1. The number of ketones is 1. The van der Waals surface area contributed by atoms with Gasteiger partial charge in [0.05, 0.1) is 6.10 Å². The lowest BCUT2D eigenvalue weighted by molar-refractivity contribution is -0.132. The van der Waals surface area contributed by atoms with Gasteiger partial charge in [-0.3, -0.25) is 4.79 Å². The first-order chi connectivity index (χ1) is 6.69. The normalized spacial score (nSPS) is 50.6. The molecule has 0 bridgehead atoms. The second kappa shape index (κ2) is 2.48. The molecule has 14 heavy (non-hydrogen) atoms. The SMILES string of the molecule is O=C1CCC23C=CCC12CC[C@@H](O)C3. The standard InChI is InChI=1S/C12H16O2/c13-9-2-7-12-5-1-4-11(12,8-9)6-3-10(12)14/h1,4,9,13H,2-3,5-8H2/t9-,11?,12?/m1/s1. The highest BCUT2D eigenvalue weighted by Crippen LogP contribution is 2.64. The number of allylic oxidation sites excluding steroid dienone is 2. The summed E-state index contributed by atoms with van der Waals surface area (Å²) in [5.41, 5.74) is -0.0476. The molecule has 0 aromatic heterocycles. The van der Waals surface area contributed by atoms with Crippen molar-refractivity contribution in [2.24, 2.45) is 10.8 Å². The minimum atomic E-state index is -0.184. The summed E-state index contributed by atoms with van der Waals surface area (Å²) in [5.74, 6) is 0.453. The Morgan fingerprint density at radius 2 is 2.29 bits per heavy atom. The Morgan fingerprint density at radius 3 is 3.14 bits per heavy atom. The monoisotopic (exact) mass is 192 g/mol. The van der Waals surface area contributed by atoms with Crippen LogP contribution in [-0.2, 0) is 4.79 Å². The van der Waals surface area contributed by atoms with Gasteiger partial charge in [0.15, 0.2) is 0 Å². The second-order valence-corrected chi connectivity index (χ2v) is 5.16. The number of carbonyl (C=O) groups excluding carboxylic acids is 1. The van der Waals surface area contributed by atoms with Gasteiger partial charge in [-0.15, -0.1) is 0 Å². The maximum Gasteiger partial charge on any atom is 0.140 e. The van der Waals surface area contributed by atoms with E-state index in [-0.39, 0.29) is 16.9 Å². The number of rotatable bonds is 0. The summed E-state index contributed by atoms with van der Waals surface area (Å²) in [6.45, 7) is 0. The van der Waals surface area contributed by atoms with Crippen LogP contribution in [0.5, 0.6) is 0 Å². The summed E-state index contributed by atoms with van der Waals surface area (Å²) in [6, 6.07) is 0. The lowest BCUT2D eigenvalue weighted by Crippen LogP contribution is -2.44. The van der Waals surface area contributed by atoms with Crippen molar-refractivity contribution in [3.05, 3.63) is 12.2 Å². The fourth-order valence-electron chi connectivity index (χ4n) is 3.93. The van der Waals surface area contributed by atoms with Crippen molar-refractivity contribution in [3.63, 3.8) is 0 Å². The molecule has 0 spiro atoms. The smallest absolute Gasteiger partial charge is 0.140 e. The number of carbonyl (C=O) groups is 1. The van der Waals surface area contributed by atoms with Crippen LogP contribution in [0.2, 0.25) is 0 Å². The van der Waals surface area contributed by atoms with Crippen molar-refractivity contribution in [2.75, 3.05) is 0 Å². The van der Waals surface area contributed by atoms with Gasteiger partial charge in [0, 0.05) is 17.3 Å². The summed E-state index contributed by atoms with van der Waals surface area (Å²) >= 11 is 0. The molecule has 0 radical (unpaired) electrons. The van der Waals surface area contributed by atoms with E-state index in [1.165, 1.54) is 0 Å². The van der Waals surface area contributed by atoms with Gasteiger partial charge in [-0.2, -0.15) is 0 Å². The lowest BCUT2D eigenvalue weighted by Gasteiger charge is -2.45.